The van der Waals surface area contributed by atoms with Crippen LogP contribution in [0.15, 0.2) is 35.9 Å². The number of allylic oxidation sites excluding steroid dienone is 3. The van der Waals surface area contributed by atoms with Gasteiger partial charge >= 0.3 is 5.97 Å². The standard InChI is InChI=1S/C23H32O4/c1-15(2)18-11-10-16(3)12-19(18)23-20(24)13-17(14-21(23)25)8-6-4-5-7-9-22(26)27/h12-14,18-19,24-25H,1,4-11H2,2-3H3,(H,26,27)/t18-,19+/m0/s1. The molecule has 4 heteroatoms. The molecule has 0 fully saturated rings. The average molecular weight is 373 g/mol. The van der Waals surface area contributed by atoms with Gasteiger partial charge in [-0.1, -0.05) is 36.6 Å². The third-order valence-electron chi connectivity index (χ3n) is 5.52. The number of aryl methyl sites for hydroxylation is 1. The van der Waals surface area contributed by atoms with Crippen LogP contribution in [0.4, 0.5) is 0 Å². The van der Waals surface area contributed by atoms with Gasteiger partial charge in [-0.25, -0.2) is 0 Å². The molecule has 2 rings (SSSR count). The first-order valence-electron chi connectivity index (χ1n) is 9.88. The fraction of sp³-hybridized carbons (Fsp3) is 0.522. The number of carboxylic acids is 1. The lowest BCUT2D eigenvalue weighted by molar-refractivity contribution is -0.137. The number of aromatic hydroxyl groups is 2. The van der Waals surface area contributed by atoms with Gasteiger partial charge in [-0.15, -0.1) is 0 Å². The van der Waals surface area contributed by atoms with E-state index in [1.165, 1.54) is 5.57 Å². The summed E-state index contributed by atoms with van der Waals surface area (Å²) in [6, 6.07) is 3.53. The van der Waals surface area contributed by atoms with E-state index in [0.717, 1.165) is 49.7 Å². The molecule has 0 spiro atoms. The third-order valence-corrected chi connectivity index (χ3v) is 5.52. The first-order valence-corrected chi connectivity index (χ1v) is 9.88. The lowest BCUT2D eigenvalue weighted by atomic mass is 9.73. The van der Waals surface area contributed by atoms with E-state index in [9.17, 15) is 15.0 Å². The maximum absolute atomic E-state index is 10.6. The second-order valence-corrected chi connectivity index (χ2v) is 7.89. The Bertz CT molecular complexity index is 694. The van der Waals surface area contributed by atoms with Gasteiger partial charge in [0.25, 0.3) is 0 Å². The Kier molecular flexibility index (Phi) is 7.52. The number of aliphatic carboxylic acids is 1. The van der Waals surface area contributed by atoms with Crippen LogP contribution in [0.1, 0.15) is 75.8 Å². The van der Waals surface area contributed by atoms with Crippen LogP contribution >= 0.6 is 0 Å². The number of carboxylic acid groups (broad SMARTS) is 1. The number of carbonyl (C=O) groups is 1. The Hall–Kier alpha value is -2.23. The van der Waals surface area contributed by atoms with Gasteiger partial charge in [-0.05, 0) is 69.6 Å². The number of benzene rings is 1. The molecule has 0 aromatic heterocycles. The smallest absolute Gasteiger partial charge is 0.303 e. The first kappa shape index (κ1) is 21.1. The fourth-order valence-corrected chi connectivity index (χ4v) is 4.03. The van der Waals surface area contributed by atoms with Gasteiger partial charge in [0.1, 0.15) is 11.5 Å². The van der Waals surface area contributed by atoms with Gasteiger partial charge in [-0.2, -0.15) is 0 Å². The highest BCUT2D eigenvalue weighted by Gasteiger charge is 2.30. The summed E-state index contributed by atoms with van der Waals surface area (Å²) in [7, 11) is 0. The topological polar surface area (TPSA) is 77.8 Å². The molecule has 0 unspecified atom stereocenters. The Morgan fingerprint density at radius 2 is 1.78 bits per heavy atom. The average Bonchev–Trinajstić information content (AvgIpc) is 2.57. The largest absolute Gasteiger partial charge is 0.507 e. The van der Waals surface area contributed by atoms with Crippen molar-refractivity contribution in [3.05, 3.63) is 47.1 Å². The number of phenols is 2. The summed E-state index contributed by atoms with van der Waals surface area (Å²) in [5.41, 5.74) is 3.87. The van der Waals surface area contributed by atoms with E-state index in [1.54, 1.807) is 12.1 Å². The van der Waals surface area contributed by atoms with Crippen LogP contribution < -0.4 is 0 Å². The van der Waals surface area contributed by atoms with E-state index in [1.807, 2.05) is 6.92 Å². The molecule has 1 aliphatic carbocycles. The number of phenolic OH excluding ortho intramolecular Hbond substituents is 2. The summed E-state index contributed by atoms with van der Waals surface area (Å²) in [4.78, 5) is 10.5. The Morgan fingerprint density at radius 3 is 2.37 bits per heavy atom. The number of rotatable bonds is 9. The summed E-state index contributed by atoms with van der Waals surface area (Å²) in [6.45, 7) is 8.21. The van der Waals surface area contributed by atoms with Crippen LogP contribution in [0.5, 0.6) is 11.5 Å². The molecule has 1 aromatic carbocycles. The second-order valence-electron chi connectivity index (χ2n) is 7.89. The monoisotopic (exact) mass is 372 g/mol. The van der Waals surface area contributed by atoms with E-state index >= 15 is 0 Å². The summed E-state index contributed by atoms with van der Waals surface area (Å²) >= 11 is 0. The molecule has 0 radical (unpaired) electrons. The second kappa shape index (κ2) is 9.63. The molecule has 148 valence electrons. The van der Waals surface area contributed by atoms with E-state index in [4.69, 9.17) is 5.11 Å². The van der Waals surface area contributed by atoms with Crippen LogP contribution in [0.2, 0.25) is 0 Å². The molecule has 4 nitrogen and oxygen atoms in total. The zero-order valence-corrected chi connectivity index (χ0v) is 16.5. The van der Waals surface area contributed by atoms with Crippen molar-refractivity contribution < 1.29 is 20.1 Å². The van der Waals surface area contributed by atoms with Gasteiger partial charge < -0.3 is 15.3 Å². The lowest BCUT2D eigenvalue weighted by Crippen LogP contribution is -2.17. The van der Waals surface area contributed by atoms with Crippen molar-refractivity contribution in [1.82, 2.24) is 0 Å². The predicted octanol–water partition coefficient (Wildman–Crippen LogP) is 5.69. The van der Waals surface area contributed by atoms with Crippen molar-refractivity contribution >= 4 is 5.97 Å². The number of hydrogen-bond donors (Lipinski definition) is 3. The molecule has 0 saturated carbocycles. The quantitative estimate of drug-likeness (QED) is 0.384. The summed E-state index contributed by atoms with van der Waals surface area (Å²) < 4.78 is 0. The van der Waals surface area contributed by atoms with E-state index in [0.29, 0.717) is 12.0 Å². The fourth-order valence-electron chi connectivity index (χ4n) is 4.03. The van der Waals surface area contributed by atoms with Crippen LogP contribution in [0, 0.1) is 5.92 Å². The van der Waals surface area contributed by atoms with E-state index in [2.05, 4.69) is 19.6 Å². The highest BCUT2D eigenvalue weighted by atomic mass is 16.4. The SMILES string of the molecule is C=C(C)[C@@H]1CCC(C)=C[C@H]1c1c(O)cc(CCCCCCC(=O)O)cc1O. The van der Waals surface area contributed by atoms with E-state index in [-0.39, 0.29) is 29.8 Å². The third kappa shape index (κ3) is 5.88. The van der Waals surface area contributed by atoms with Gasteiger partial charge in [0.15, 0.2) is 0 Å². The minimum Gasteiger partial charge on any atom is -0.507 e. The summed E-state index contributed by atoms with van der Waals surface area (Å²) in [6.07, 6.45) is 8.57. The molecular weight excluding hydrogens is 340 g/mol. The zero-order valence-electron chi connectivity index (χ0n) is 16.5. The molecule has 0 aliphatic heterocycles. The zero-order chi connectivity index (χ0) is 20.0. The predicted molar refractivity (Wildman–Crippen MR) is 108 cm³/mol. The van der Waals surface area contributed by atoms with Crippen LogP contribution in [-0.2, 0) is 11.2 Å². The Morgan fingerprint density at radius 1 is 1.15 bits per heavy atom. The summed E-state index contributed by atoms with van der Waals surface area (Å²) in [5.74, 6) is -0.261. The number of hydrogen-bond acceptors (Lipinski definition) is 3. The molecule has 0 heterocycles. The maximum Gasteiger partial charge on any atom is 0.303 e. The molecule has 0 amide bonds. The van der Waals surface area contributed by atoms with Gasteiger partial charge in [0.2, 0.25) is 0 Å². The van der Waals surface area contributed by atoms with E-state index < -0.39 is 5.97 Å². The molecule has 0 saturated heterocycles. The first-order chi connectivity index (χ1) is 12.8. The van der Waals surface area contributed by atoms with Crippen molar-refractivity contribution in [3.8, 4) is 11.5 Å². The van der Waals surface area contributed by atoms with Crippen molar-refractivity contribution in [3.63, 3.8) is 0 Å². The van der Waals surface area contributed by atoms with Crippen molar-refractivity contribution in [2.24, 2.45) is 5.92 Å². The Labute approximate surface area is 162 Å². The minimum atomic E-state index is -0.750. The van der Waals surface area contributed by atoms with Crippen molar-refractivity contribution in [2.45, 2.75) is 71.1 Å². The summed E-state index contributed by atoms with van der Waals surface area (Å²) in [5, 5.41) is 29.9. The minimum absolute atomic E-state index is 0.0404. The van der Waals surface area contributed by atoms with Crippen molar-refractivity contribution in [1.29, 1.82) is 0 Å². The lowest BCUT2D eigenvalue weighted by Gasteiger charge is -2.31. The van der Waals surface area contributed by atoms with Gasteiger partial charge in [-0.3, -0.25) is 4.79 Å². The van der Waals surface area contributed by atoms with Crippen molar-refractivity contribution in [2.75, 3.05) is 0 Å². The Balaban J connectivity index is 2.06. The molecule has 27 heavy (non-hydrogen) atoms. The van der Waals surface area contributed by atoms with Gasteiger partial charge in [0.05, 0.1) is 0 Å². The number of unbranched alkanes of at least 4 members (excludes halogenated alkanes) is 3. The van der Waals surface area contributed by atoms with Crippen LogP contribution in [0.3, 0.4) is 0 Å². The molecule has 0 bridgehead atoms. The van der Waals surface area contributed by atoms with Crippen LogP contribution in [-0.4, -0.2) is 21.3 Å². The highest BCUT2D eigenvalue weighted by molar-refractivity contribution is 5.66. The molecule has 3 N–H and O–H groups in total. The highest BCUT2D eigenvalue weighted by Crippen LogP contribution is 2.46. The van der Waals surface area contributed by atoms with Gasteiger partial charge in [0, 0.05) is 17.9 Å². The normalized spacial score (nSPS) is 19.6. The maximum atomic E-state index is 10.6. The van der Waals surface area contributed by atoms with Crippen LogP contribution in [0.25, 0.3) is 0 Å². The molecule has 1 aromatic rings. The molecule has 1 aliphatic rings. The molecule has 2 atom stereocenters. The molecular formula is C23H32O4.